The molecule has 4 rings (SSSR count). The Morgan fingerprint density at radius 2 is 0.738 bits per heavy atom. The summed E-state index contributed by atoms with van der Waals surface area (Å²) in [5.74, 6) is 8.72. The molecular formula is C61H136. The molecule has 3 unspecified atom stereocenters. The van der Waals surface area contributed by atoms with E-state index in [1.54, 1.807) is 0 Å². The van der Waals surface area contributed by atoms with Crippen LogP contribution in [0, 0.1) is 74.9 Å². The molecule has 5 atom stereocenters. The Bertz CT molecular complexity index is 743. The minimum absolute atomic E-state index is 0.500. The highest BCUT2D eigenvalue weighted by atomic mass is 14.4. The first-order valence-electron chi connectivity index (χ1n) is 27.6. The molecule has 0 aromatic carbocycles. The zero-order valence-corrected chi connectivity index (χ0v) is 50.2. The third-order valence-electron chi connectivity index (χ3n) is 13.0. The SMILES string of the molecule is CC.CC(C)(C)C.CC(C)C.CC1CCC(C)C1C.CC1CCCC1.CC1CCC[C@H]1C.CCC(C)(C)C.CCC(C)(C)C.CCC(C)C.CCCC.C[C@@H]1CCCC1(C)C. The van der Waals surface area contributed by atoms with Gasteiger partial charge in [0.1, 0.15) is 0 Å². The lowest BCUT2D eigenvalue weighted by atomic mass is 9.83. The molecule has 0 bridgehead atoms. The smallest absolute Gasteiger partial charge is 0.0329 e. The zero-order chi connectivity index (χ0) is 50.2. The Labute approximate surface area is 397 Å². The first-order chi connectivity index (χ1) is 27.6. The van der Waals surface area contributed by atoms with Crippen LogP contribution in [0.5, 0.6) is 0 Å². The Morgan fingerprint density at radius 3 is 0.803 bits per heavy atom. The molecule has 0 aliphatic heterocycles. The van der Waals surface area contributed by atoms with E-state index < -0.39 is 0 Å². The number of unbranched alkanes of at least 4 members (excludes halogenated alkanes) is 1. The molecule has 0 heteroatoms. The molecule has 380 valence electrons. The maximum absolute atomic E-state index is 2.38. The summed E-state index contributed by atoms with van der Waals surface area (Å²) < 4.78 is 0. The predicted octanol–water partition coefficient (Wildman–Crippen LogP) is 23.6. The highest BCUT2D eigenvalue weighted by Crippen LogP contribution is 2.41. The van der Waals surface area contributed by atoms with E-state index in [-0.39, 0.29) is 0 Å². The van der Waals surface area contributed by atoms with E-state index in [2.05, 4.69) is 201 Å². The van der Waals surface area contributed by atoms with E-state index in [1.165, 1.54) is 109 Å². The first kappa shape index (κ1) is 75.3. The minimum Gasteiger partial charge on any atom is -0.0683 e. The molecule has 0 spiro atoms. The number of rotatable bonds is 2. The minimum atomic E-state index is 0.500. The van der Waals surface area contributed by atoms with E-state index in [9.17, 15) is 0 Å². The van der Waals surface area contributed by atoms with Crippen molar-refractivity contribution in [3.63, 3.8) is 0 Å². The fourth-order valence-electron chi connectivity index (χ4n) is 5.57. The van der Waals surface area contributed by atoms with Crippen LogP contribution in [0.4, 0.5) is 0 Å². The lowest BCUT2D eigenvalue weighted by Crippen LogP contribution is -2.13. The second kappa shape index (κ2) is 45.2. The molecule has 0 amide bonds. The molecule has 0 saturated heterocycles. The van der Waals surface area contributed by atoms with Gasteiger partial charge in [0.2, 0.25) is 0 Å². The molecule has 4 aliphatic carbocycles. The standard InChI is InChI=1S/2C8H16.C7H14.C6H12.2C6H14.2C5H12.2C4H10.C2H6/c1-7-5-4-6-8(7,2)3;1-6-4-5-7(2)8(6)3;1-6-4-3-5-7(6)2;1-6-4-2-3-5-6;2*1-5-6(2,3)4;1-5(2,3)4;1-4-5(2)3;1-4(2)3;1-3-4-2;1-2/h7H,4-6H2,1-3H3;6-8H,4-5H2,1-3H3;6-7H,3-5H2,1-2H3;6H,2-5H2,1H3;2*5H2,1-4H3;1-4H3;5H,4H2,1-3H3;4H,1-3H3;3-4H2,1-2H3;1-2H3/t7-;;6-,7?;;;;;;;;/m1.1......../s1. The van der Waals surface area contributed by atoms with Crippen molar-refractivity contribution < 1.29 is 0 Å². The van der Waals surface area contributed by atoms with Gasteiger partial charge in [-0.15, -0.1) is 0 Å². The summed E-state index contributed by atoms with van der Waals surface area (Å²) in [5.41, 5.74) is 2.24. The third kappa shape index (κ3) is 74.6. The average molecular weight is 870 g/mol. The molecular weight excluding hydrogens is 733 g/mol. The average Bonchev–Trinajstić information content (AvgIpc) is 3.93. The van der Waals surface area contributed by atoms with Crippen LogP contribution in [0.25, 0.3) is 0 Å². The van der Waals surface area contributed by atoms with Crippen LogP contribution in [0.3, 0.4) is 0 Å². The Balaban J connectivity index is -0.000000107. The largest absolute Gasteiger partial charge is 0.0683 e. The summed E-state index contributed by atoms with van der Waals surface area (Å²) in [7, 11) is 0. The fraction of sp³-hybridized carbons (Fsp3) is 1.00. The van der Waals surface area contributed by atoms with E-state index in [0.29, 0.717) is 21.7 Å². The van der Waals surface area contributed by atoms with Gasteiger partial charge in [-0.05, 0) is 81.3 Å². The number of hydrogen-bond donors (Lipinski definition) is 0. The summed E-state index contributed by atoms with van der Waals surface area (Å²) >= 11 is 0. The highest BCUT2D eigenvalue weighted by Gasteiger charge is 2.30. The van der Waals surface area contributed by atoms with Crippen LogP contribution in [0.1, 0.15) is 324 Å². The summed E-state index contributed by atoms with van der Waals surface area (Å²) in [4.78, 5) is 0. The summed E-state index contributed by atoms with van der Waals surface area (Å²) in [6.45, 7) is 69.4. The van der Waals surface area contributed by atoms with Gasteiger partial charge in [0.05, 0.1) is 0 Å². The number of hydrogen-bond acceptors (Lipinski definition) is 0. The Morgan fingerprint density at radius 1 is 0.459 bits per heavy atom. The van der Waals surface area contributed by atoms with E-state index in [1.807, 2.05) is 13.8 Å². The van der Waals surface area contributed by atoms with Gasteiger partial charge in [0.15, 0.2) is 0 Å². The van der Waals surface area contributed by atoms with Gasteiger partial charge in [-0.3, -0.25) is 0 Å². The van der Waals surface area contributed by atoms with E-state index >= 15 is 0 Å². The quantitative estimate of drug-likeness (QED) is 0.259. The van der Waals surface area contributed by atoms with Crippen LogP contribution < -0.4 is 0 Å². The highest BCUT2D eigenvalue weighted by molar-refractivity contribution is 4.81. The lowest BCUT2D eigenvalue weighted by molar-refractivity contribution is 0.281. The second-order valence-electron chi connectivity index (χ2n) is 25.8. The molecule has 0 aromatic rings. The van der Waals surface area contributed by atoms with Crippen LogP contribution in [0.15, 0.2) is 0 Å². The molecule has 4 fully saturated rings. The van der Waals surface area contributed by atoms with Crippen molar-refractivity contribution in [1.29, 1.82) is 0 Å². The molecule has 4 aliphatic rings. The molecule has 0 aromatic heterocycles. The van der Waals surface area contributed by atoms with Crippen molar-refractivity contribution in [2.75, 3.05) is 0 Å². The summed E-state index contributed by atoms with van der Waals surface area (Å²) in [6.07, 6.45) is 24.1. The van der Waals surface area contributed by atoms with Gasteiger partial charge in [-0.2, -0.15) is 0 Å². The zero-order valence-electron chi connectivity index (χ0n) is 50.2. The molecule has 0 heterocycles. The van der Waals surface area contributed by atoms with Crippen molar-refractivity contribution >= 4 is 0 Å². The van der Waals surface area contributed by atoms with Gasteiger partial charge in [-0.1, -0.05) is 317 Å². The van der Waals surface area contributed by atoms with E-state index in [4.69, 9.17) is 0 Å². The van der Waals surface area contributed by atoms with Crippen LogP contribution in [-0.4, -0.2) is 0 Å². The normalized spacial score (nSPS) is 23.6. The van der Waals surface area contributed by atoms with Crippen molar-refractivity contribution in [2.45, 2.75) is 324 Å². The van der Waals surface area contributed by atoms with Crippen molar-refractivity contribution in [1.82, 2.24) is 0 Å². The van der Waals surface area contributed by atoms with Crippen molar-refractivity contribution in [3.8, 4) is 0 Å². The third-order valence-corrected chi connectivity index (χ3v) is 13.0. The predicted molar refractivity (Wildman–Crippen MR) is 296 cm³/mol. The van der Waals surface area contributed by atoms with Gasteiger partial charge in [-0.25, -0.2) is 0 Å². The Kier molecular flexibility index (Phi) is 55.8. The molecule has 61 heavy (non-hydrogen) atoms. The summed E-state index contributed by atoms with van der Waals surface area (Å²) in [6, 6.07) is 0. The maximum Gasteiger partial charge on any atom is -0.0329 e. The Hall–Kier alpha value is 0. The monoisotopic (exact) mass is 869 g/mol. The van der Waals surface area contributed by atoms with Crippen LogP contribution in [0.2, 0.25) is 0 Å². The van der Waals surface area contributed by atoms with Gasteiger partial charge in [0.25, 0.3) is 0 Å². The van der Waals surface area contributed by atoms with Crippen LogP contribution >= 0.6 is 0 Å². The lowest BCUT2D eigenvalue weighted by Gasteiger charge is -2.22. The van der Waals surface area contributed by atoms with Gasteiger partial charge in [0, 0.05) is 0 Å². The van der Waals surface area contributed by atoms with Gasteiger partial charge >= 0.3 is 0 Å². The summed E-state index contributed by atoms with van der Waals surface area (Å²) in [5, 5.41) is 0. The first-order valence-corrected chi connectivity index (χ1v) is 27.6. The molecule has 0 radical (unpaired) electrons. The van der Waals surface area contributed by atoms with Crippen molar-refractivity contribution in [3.05, 3.63) is 0 Å². The second-order valence-corrected chi connectivity index (χ2v) is 25.8. The topological polar surface area (TPSA) is 0 Å². The maximum atomic E-state index is 2.38. The molecule has 0 nitrogen and oxygen atoms in total. The molecule has 4 saturated carbocycles. The van der Waals surface area contributed by atoms with Crippen molar-refractivity contribution in [2.24, 2.45) is 74.9 Å². The van der Waals surface area contributed by atoms with Gasteiger partial charge < -0.3 is 0 Å². The fourth-order valence-corrected chi connectivity index (χ4v) is 5.57. The van der Waals surface area contributed by atoms with E-state index in [0.717, 1.165) is 53.3 Å². The molecule has 0 N–H and O–H groups in total. The van der Waals surface area contributed by atoms with Crippen LogP contribution in [-0.2, 0) is 0 Å².